The molecule has 0 amide bonds. The summed E-state index contributed by atoms with van der Waals surface area (Å²) in [6.45, 7) is 2.08. The Kier molecular flexibility index (Phi) is 4.54. The molecule has 2 rings (SSSR count). The van der Waals surface area contributed by atoms with Crippen LogP contribution in [0.1, 0.15) is 6.92 Å². The van der Waals surface area contributed by atoms with Gasteiger partial charge in [-0.05, 0) is 25.1 Å². The third-order valence-corrected chi connectivity index (χ3v) is 2.74. The maximum atomic E-state index is 13.7. The van der Waals surface area contributed by atoms with E-state index in [9.17, 15) is 14.5 Å². The molecule has 1 aromatic heterocycles. The highest BCUT2D eigenvalue weighted by Crippen LogP contribution is 2.29. The van der Waals surface area contributed by atoms with Gasteiger partial charge in [-0.25, -0.2) is 9.37 Å². The molecule has 8 heteroatoms. The first kappa shape index (κ1) is 15.0. The van der Waals surface area contributed by atoms with E-state index < -0.39 is 10.7 Å². The molecular weight excluding hydrogens is 301 g/mol. The second-order valence-electron chi connectivity index (χ2n) is 3.96. The number of nitrogens with zero attached hydrogens (tertiary/aromatic N) is 2. The maximum absolute atomic E-state index is 13.7. The van der Waals surface area contributed by atoms with E-state index in [2.05, 4.69) is 10.3 Å². The van der Waals surface area contributed by atoms with Gasteiger partial charge in [-0.1, -0.05) is 11.6 Å². The molecule has 0 spiro atoms. The summed E-state index contributed by atoms with van der Waals surface area (Å²) in [6, 6.07) is 6.65. The fraction of sp³-hybridized carbons (Fsp3) is 0.154. The lowest BCUT2D eigenvalue weighted by Gasteiger charge is -2.09. The summed E-state index contributed by atoms with van der Waals surface area (Å²) >= 11 is 5.72. The van der Waals surface area contributed by atoms with Gasteiger partial charge < -0.3 is 10.1 Å². The van der Waals surface area contributed by atoms with Crippen molar-refractivity contribution in [1.29, 1.82) is 0 Å². The molecule has 0 radical (unpaired) electrons. The smallest absolute Gasteiger partial charge is 0.311 e. The van der Waals surface area contributed by atoms with Crippen LogP contribution in [0.25, 0.3) is 0 Å². The van der Waals surface area contributed by atoms with Gasteiger partial charge in [0, 0.05) is 17.8 Å². The van der Waals surface area contributed by atoms with Crippen LogP contribution in [-0.4, -0.2) is 16.5 Å². The molecule has 21 heavy (non-hydrogen) atoms. The number of anilines is 2. The highest BCUT2D eigenvalue weighted by atomic mass is 35.5. The average Bonchev–Trinajstić information content (AvgIpc) is 2.42. The van der Waals surface area contributed by atoms with E-state index in [1.807, 2.05) is 0 Å². The van der Waals surface area contributed by atoms with Gasteiger partial charge in [-0.3, -0.25) is 10.1 Å². The Balaban J connectivity index is 2.32. The van der Waals surface area contributed by atoms with Gasteiger partial charge in [0.05, 0.1) is 11.5 Å². The van der Waals surface area contributed by atoms with E-state index >= 15 is 0 Å². The second kappa shape index (κ2) is 6.36. The van der Waals surface area contributed by atoms with Crippen molar-refractivity contribution < 1.29 is 14.1 Å². The van der Waals surface area contributed by atoms with Gasteiger partial charge >= 0.3 is 5.69 Å². The molecule has 2 aromatic rings. The van der Waals surface area contributed by atoms with Gasteiger partial charge in [0.1, 0.15) is 5.15 Å². The zero-order chi connectivity index (χ0) is 15.4. The van der Waals surface area contributed by atoms with Crippen LogP contribution in [0.15, 0.2) is 30.3 Å². The summed E-state index contributed by atoms with van der Waals surface area (Å²) in [5.74, 6) is -0.529. The molecule has 6 nitrogen and oxygen atoms in total. The molecule has 1 aromatic carbocycles. The van der Waals surface area contributed by atoms with E-state index in [0.29, 0.717) is 12.3 Å². The Morgan fingerprint density at radius 3 is 2.81 bits per heavy atom. The van der Waals surface area contributed by atoms with Crippen molar-refractivity contribution in [3.05, 3.63) is 51.4 Å². The molecule has 110 valence electrons. The van der Waals surface area contributed by atoms with Crippen molar-refractivity contribution in [3.8, 4) is 5.75 Å². The molecule has 0 fully saturated rings. The lowest BCUT2D eigenvalue weighted by molar-refractivity contribution is -0.384. The molecule has 0 aliphatic rings. The van der Waals surface area contributed by atoms with Crippen LogP contribution >= 0.6 is 11.6 Å². The SMILES string of the molecule is CCOc1ccc(Nc2nc(Cl)ccc2[N+](=O)[O-])cc1F. The van der Waals surface area contributed by atoms with Gasteiger partial charge in [0.25, 0.3) is 0 Å². The van der Waals surface area contributed by atoms with Crippen molar-refractivity contribution in [2.75, 3.05) is 11.9 Å². The van der Waals surface area contributed by atoms with E-state index in [-0.39, 0.29) is 22.4 Å². The first-order valence-corrected chi connectivity index (χ1v) is 6.39. The summed E-state index contributed by atoms with van der Waals surface area (Å²) in [5.41, 5.74) is 0.0440. The normalized spacial score (nSPS) is 10.2. The number of ether oxygens (including phenoxy) is 1. The van der Waals surface area contributed by atoms with Crippen molar-refractivity contribution in [3.63, 3.8) is 0 Å². The number of nitro groups is 1. The molecule has 1 heterocycles. The minimum absolute atomic E-state index is 0.0592. The zero-order valence-electron chi connectivity index (χ0n) is 11.0. The quantitative estimate of drug-likeness (QED) is 0.514. The topological polar surface area (TPSA) is 77.3 Å². The summed E-state index contributed by atoms with van der Waals surface area (Å²) in [4.78, 5) is 14.2. The Morgan fingerprint density at radius 2 is 2.19 bits per heavy atom. The molecule has 0 saturated heterocycles. The first-order valence-electron chi connectivity index (χ1n) is 6.01. The third-order valence-electron chi connectivity index (χ3n) is 2.53. The highest BCUT2D eigenvalue weighted by Gasteiger charge is 2.16. The Morgan fingerprint density at radius 1 is 1.43 bits per heavy atom. The standard InChI is InChI=1S/C13H11ClFN3O3/c1-2-21-11-5-3-8(7-9(11)15)16-13-10(18(19)20)4-6-12(14)17-13/h3-7H,2H2,1H3,(H,16,17). The third kappa shape index (κ3) is 3.57. The van der Waals surface area contributed by atoms with Crippen molar-refractivity contribution in [1.82, 2.24) is 4.98 Å². The van der Waals surface area contributed by atoms with Crippen LogP contribution in [0.4, 0.5) is 21.6 Å². The predicted molar refractivity (Wildman–Crippen MR) is 76.8 cm³/mol. The summed E-state index contributed by atoms with van der Waals surface area (Å²) in [6.07, 6.45) is 0. The largest absolute Gasteiger partial charge is 0.491 e. The zero-order valence-corrected chi connectivity index (χ0v) is 11.7. The highest BCUT2D eigenvalue weighted by molar-refractivity contribution is 6.29. The van der Waals surface area contributed by atoms with E-state index in [1.54, 1.807) is 6.92 Å². The number of hydrogen-bond donors (Lipinski definition) is 1. The molecule has 0 saturated carbocycles. The van der Waals surface area contributed by atoms with Crippen molar-refractivity contribution in [2.24, 2.45) is 0 Å². The molecular formula is C13H11ClFN3O3. The molecule has 1 N–H and O–H groups in total. The number of benzene rings is 1. The van der Waals surface area contributed by atoms with E-state index in [0.717, 1.165) is 6.07 Å². The monoisotopic (exact) mass is 311 g/mol. The minimum Gasteiger partial charge on any atom is -0.491 e. The lowest BCUT2D eigenvalue weighted by atomic mass is 10.2. The molecule has 0 aliphatic heterocycles. The van der Waals surface area contributed by atoms with Crippen LogP contribution in [0.5, 0.6) is 5.75 Å². The Bertz CT molecular complexity index is 682. The number of hydrogen-bond acceptors (Lipinski definition) is 5. The minimum atomic E-state index is -0.601. The van der Waals surface area contributed by atoms with Crippen LogP contribution in [0.2, 0.25) is 5.15 Å². The molecule has 0 aliphatic carbocycles. The number of nitrogens with one attached hydrogen (secondary N) is 1. The first-order chi connectivity index (χ1) is 10.0. The van der Waals surface area contributed by atoms with Gasteiger partial charge in [0.15, 0.2) is 11.6 Å². The van der Waals surface area contributed by atoms with Crippen molar-refractivity contribution in [2.45, 2.75) is 6.92 Å². The number of aromatic nitrogens is 1. The van der Waals surface area contributed by atoms with Gasteiger partial charge in [-0.2, -0.15) is 0 Å². The van der Waals surface area contributed by atoms with Crippen LogP contribution in [0, 0.1) is 15.9 Å². The second-order valence-corrected chi connectivity index (χ2v) is 4.35. The van der Waals surface area contributed by atoms with E-state index in [4.69, 9.17) is 16.3 Å². The van der Waals surface area contributed by atoms with Gasteiger partial charge in [0.2, 0.25) is 5.82 Å². The summed E-state index contributed by atoms with van der Waals surface area (Å²) < 4.78 is 18.8. The predicted octanol–water partition coefficient (Wildman–Crippen LogP) is 3.92. The fourth-order valence-electron chi connectivity index (χ4n) is 1.66. The maximum Gasteiger partial charge on any atom is 0.311 e. The molecule has 0 atom stereocenters. The number of pyridine rings is 1. The number of rotatable bonds is 5. The van der Waals surface area contributed by atoms with Crippen LogP contribution in [0.3, 0.4) is 0 Å². The fourth-order valence-corrected chi connectivity index (χ4v) is 1.80. The molecule has 0 bridgehead atoms. The number of halogens is 2. The summed E-state index contributed by atoms with van der Waals surface area (Å²) in [5, 5.41) is 13.7. The summed E-state index contributed by atoms with van der Waals surface area (Å²) in [7, 11) is 0. The Hall–Kier alpha value is -2.41. The van der Waals surface area contributed by atoms with Gasteiger partial charge in [-0.15, -0.1) is 0 Å². The Labute approximate surface area is 124 Å². The average molecular weight is 312 g/mol. The van der Waals surface area contributed by atoms with E-state index in [1.165, 1.54) is 24.3 Å². The lowest BCUT2D eigenvalue weighted by Crippen LogP contribution is -2.01. The van der Waals surface area contributed by atoms with Crippen LogP contribution < -0.4 is 10.1 Å². The van der Waals surface area contributed by atoms with Crippen LogP contribution in [-0.2, 0) is 0 Å². The molecule has 0 unspecified atom stereocenters. The van der Waals surface area contributed by atoms with Crippen molar-refractivity contribution >= 4 is 28.8 Å².